The quantitative estimate of drug-likeness (QED) is 0.511. The highest BCUT2D eigenvalue weighted by Gasteiger charge is 2.51. The van der Waals surface area contributed by atoms with Crippen molar-refractivity contribution in [3.8, 4) is 0 Å². The van der Waals surface area contributed by atoms with Gasteiger partial charge in [0.1, 0.15) is 6.10 Å². The van der Waals surface area contributed by atoms with Crippen molar-refractivity contribution in [3.05, 3.63) is 34.3 Å². The molecule has 0 aliphatic carbocycles. The highest BCUT2D eigenvalue weighted by atomic mass is 79.9. The van der Waals surface area contributed by atoms with Crippen molar-refractivity contribution >= 4 is 33.8 Å². The van der Waals surface area contributed by atoms with Crippen molar-refractivity contribution in [2.45, 2.75) is 64.6 Å². The number of ether oxygens (including phenoxy) is 4. The third kappa shape index (κ3) is 5.52. The number of halogens is 1. The van der Waals surface area contributed by atoms with Gasteiger partial charge in [0, 0.05) is 25.2 Å². The zero-order valence-electron chi connectivity index (χ0n) is 15.6. The lowest BCUT2D eigenvalue weighted by molar-refractivity contribution is -0.249. The van der Waals surface area contributed by atoms with Crippen LogP contribution in [-0.4, -0.2) is 42.3 Å². The maximum atomic E-state index is 11.7. The Labute approximate surface area is 166 Å². The van der Waals surface area contributed by atoms with Crippen molar-refractivity contribution in [1.29, 1.82) is 0 Å². The summed E-state index contributed by atoms with van der Waals surface area (Å²) in [7, 11) is 0. The molecular weight excluding hydrogens is 420 g/mol. The molecular formula is C19H23BrO7. The summed E-state index contributed by atoms with van der Waals surface area (Å²) in [6, 6.07) is 7.35. The van der Waals surface area contributed by atoms with Gasteiger partial charge in [-0.05, 0) is 24.1 Å². The molecule has 0 saturated carbocycles. The molecule has 0 N–H and O–H groups in total. The molecule has 27 heavy (non-hydrogen) atoms. The minimum absolute atomic E-state index is 0.507. The summed E-state index contributed by atoms with van der Waals surface area (Å²) < 4.78 is 23.3. The molecule has 1 fully saturated rings. The lowest BCUT2D eigenvalue weighted by atomic mass is 9.89. The average molecular weight is 443 g/mol. The molecule has 0 bridgehead atoms. The Hall–Kier alpha value is -1.93. The molecule has 7 nitrogen and oxygen atoms in total. The molecule has 8 heteroatoms. The van der Waals surface area contributed by atoms with Crippen LogP contribution >= 0.6 is 15.9 Å². The SMILES string of the molecule is CC[C@H]1O[C@@H](c2cccc(Br)c2)[C@H](OC(C)=O)[C@@H](OC(C)=O)[C@@H]1OC(C)=O. The summed E-state index contributed by atoms with van der Waals surface area (Å²) in [5, 5.41) is 0. The molecule has 1 heterocycles. The molecule has 0 spiro atoms. The first-order valence-electron chi connectivity index (χ1n) is 8.65. The number of hydrogen-bond acceptors (Lipinski definition) is 7. The Kier molecular flexibility index (Phi) is 7.38. The number of rotatable bonds is 5. The van der Waals surface area contributed by atoms with Gasteiger partial charge in [0.05, 0.1) is 6.10 Å². The highest BCUT2D eigenvalue weighted by Crippen LogP contribution is 2.38. The van der Waals surface area contributed by atoms with Crippen molar-refractivity contribution in [2.75, 3.05) is 0 Å². The van der Waals surface area contributed by atoms with Crippen LogP contribution in [0.1, 0.15) is 45.8 Å². The molecule has 0 aromatic heterocycles. The van der Waals surface area contributed by atoms with Crippen LogP contribution in [0.25, 0.3) is 0 Å². The monoisotopic (exact) mass is 442 g/mol. The summed E-state index contributed by atoms with van der Waals surface area (Å²) in [6.45, 7) is 5.64. The molecule has 1 saturated heterocycles. The minimum atomic E-state index is -0.988. The molecule has 0 amide bonds. The number of benzene rings is 1. The first-order valence-corrected chi connectivity index (χ1v) is 9.44. The van der Waals surface area contributed by atoms with E-state index in [1.165, 1.54) is 20.8 Å². The summed E-state index contributed by atoms with van der Waals surface area (Å²) >= 11 is 3.41. The largest absolute Gasteiger partial charge is 0.456 e. The maximum absolute atomic E-state index is 11.7. The Bertz CT molecular complexity index is 705. The predicted octanol–water partition coefficient (Wildman–Crippen LogP) is 3.09. The summed E-state index contributed by atoms with van der Waals surface area (Å²) in [6.07, 6.45) is -3.55. The van der Waals surface area contributed by atoms with Crippen LogP contribution in [0.4, 0.5) is 0 Å². The van der Waals surface area contributed by atoms with Crippen LogP contribution in [0.2, 0.25) is 0 Å². The van der Waals surface area contributed by atoms with E-state index in [2.05, 4.69) is 15.9 Å². The van der Waals surface area contributed by atoms with Gasteiger partial charge in [-0.1, -0.05) is 35.0 Å². The maximum Gasteiger partial charge on any atom is 0.303 e. The fraction of sp³-hybridized carbons (Fsp3) is 0.526. The second kappa shape index (κ2) is 9.32. The van der Waals surface area contributed by atoms with E-state index in [0.717, 1.165) is 10.0 Å². The summed E-state index contributed by atoms with van der Waals surface area (Å²) in [5.74, 6) is -1.67. The molecule has 1 aliphatic heterocycles. The van der Waals surface area contributed by atoms with E-state index in [0.29, 0.717) is 6.42 Å². The predicted molar refractivity (Wildman–Crippen MR) is 98.7 cm³/mol. The zero-order valence-corrected chi connectivity index (χ0v) is 17.2. The molecule has 148 valence electrons. The smallest absolute Gasteiger partial charge is 0.303 e. The van der Waals surface area contributed by atoms with Crippen LogP contribution in [0, 0.1) is 0 Å². The van der Waals surface area contributed by atoms with E-state index in [9.17, 15) is 14.4 Å². The van der Waals surface area contributed by atoms with E-state index >= 15 is 0 Å². The Morgan fingerprint density at radius 1 is 0.963 bits per heavy atom. The van der Waals surface area contributed by atoms with Gasteiger partial charge >= 0.3 is 17.9 Å². The van der Waals surface area contributed by atoms with Gasteiger partial charge < -0.3 is 18.9 Å². The van der Waals surface area contributed by atoms with E-state index < -0.39 is 48.4 Å². The second-order valence-electron chi connectivity index (χ2n) is 6.28. The molecule has 2 rings (SSSR count). The van der Waals surface area contributed by atoms with Gasteiger partial charge in [-0.2, -0.15) is 0 Å². The number of esters is 3. The van der Waals surface area contributed by atoms with Crippen LogP contribution in [0.5, 0.6) is 0 Å². The van der Waals surface area contributed by atoms with Crippen molar-refractivity contribution in [1.82, 2.24) is 0 Å². The van der Waals surface area contributed by atoms with E-state index in [4.69, 9.17) is 18.9 Å². The Balaban J connectivity index is 2.50. The van der Waals surface area contributed by atoms with Gasteiger partial charge in [0.2, 0.25) is 0 Å². The topological polar surface area (TPSA) is 88.1 Å². The second-order valence-corrected chi connectivity index (χ2v) is 7.20. The third-order valence-corrected chi connectivity index (χ3v) is 4.61. The normalized spacial score (nSPS) is 27.5. The Morgan fingerprint density at radius 3 is 2.04 bits per heavy atom. The first kappa shape index (κ1) is 21.4. The van der Waals surface area contributed by atoms with Crippen LogP contribution in [0.3, 0.4) is 0 Å². The number of hydrogen-bond donors (Lipinski definition) is 0. The van der Waals surface area contributed by atoms with E-state index in [-0.39, 0.29) is 0 Å². The molecule has 1 aromatic rings. The van der Waals surface area contributed by atoms with Gasteiger partial charge in [-0.3, -0.25) is 14.4 Å². The highest BCUT2D eigenvalue weighted by molar-refractivity contribution is 9.10. The fourth-order valence-electron chi connectivity index (χ4n) is 3.18. The van der Waals surface area contributed by atoms with Crippen molar-refractivity contribution in [2.24, 2.45) is 0 Å². The third-order valence-electron chi connectivity index (χ3n) is 4.12. The van der Waals surface area contributed by atoms with Crippen molar-refractivity contribution < 1.29 is 33.3 Å². The number of carbonyl (C=O) groups is 3. The minimum Gasteiger partial charge on any atom is -0.456 e. The molecule has 5 atom stereocenters. The summed E-state index contributed by atoms with van der Waals surface area (Å²) in [5.41, 5.74) is 0.743. The van der Waals surface area contributed by atoms with E-state index in [1.54, 1.807) is 0 Å². The Morgan fingerprint density at radius 2 is 1.52 bits per heavy atom. The number of carbonyl (C=O) groups excluding carboxylic acids is 3. The van der Waals surface area contributed by atoms with Crippen LogP contribution in [0.15, 0.2) is 28.7 Å². The zero-order chi connectivity index (χ0) is 20.1. The van der Waals surface area contributed by atoms with E-state index in [1.807, 2.05) is 31.2 Å². The average Bonchev–Trinajstić information content (AvgIpc) is 2.56. The molecule has 1 aromatic carbocycles. The van der Waals surface area contributed by atoms with Gasteiger partial charge in [-0.25, -0.2) is 0 Å². The van der Waals surface area contributed by atoms with Gasteiger partial charge in [0.25, 0.3) is 0 Å². The molecule has 0 radical (unpaired) electrons. The lowest BCUT2D eigenvalue weighted by Crippen LogP contribution is -2.58. The standard InChI is InChI=1S/C19H23BrO7/c1-5-15-17(24-10(2)21)19(26-12(4)23)18(25-11(3)22)16(27-15)13-7-6-8-14(20)9-13/h6-9,15-19H,5H2,1-4H3/t15-,16+,17-,18+,19+/m1/s1. The molecule has 0 unspecified atom stereocenters. The van der Waals surface area contributed by atoms with Crippen LogP contribution in [-0.2, 0) is 33.3 Å². The fourth-order valence-corrected chi connectivity index (χ4v) is 3.59. The van der Waals surface area contributed by atoms with Crippen molar-refractivity contribution in [3.63, 3.8) is 0 Å². The summed E-state index contributed by atoms with van der Waals surface area (Å²) in [4.78, 5) is 35.0. The van der Waals surface area contributed by atoms with Crippen LogP contribution < -0.4 is 0 Å². The lowest BCUT2D eigenvalue weighted by Gasteiger charge is -2.44. The molecule has 1 aliphatic rings. The first-order chi connectivity index (χ1) is 12.7. The van der Waals surface area contributed by atoms with Gasteiger partial charge in [0.15, 0.2) is 18.3 Å². The van der Waals surface area contributed by atoms with Gasteiger partial charge in [-0.15, -0.1) is 0 Å².